The fourth-order valence-electron chi connectivity index (χ4n) is 3.00. The molecule has 0 saturated carbocycles. The first-order valence-electron chi connectivity index (χ1n) is 8.90. The Balaban J connectivity index is 1.65. The second-order valence-electron chi connectivity index (χ2n) is 6.27. The highest BCUT2D eigenvalue weighted by Gasteiger charge is 2.11. The van der Waals surface area contributed by atoms with Crippen LogP contribution in [0.15, 0.2) is 90.0 Å². The third-order valence-corrected chi connectivity index (χ3v) is 4.45. The van der Waals surface area contributed by atoms with Crippen LogP contribution in [0.25, 0.3) is 10.9 Å². The predicted octanol–water partition coefficient (Wildman–Crippen LogP) is 4.36. The molecule has 0 spiro atoms. The topological polar surface area (TPSA) is 66.5 Å². The fourth-order valence-corrected chi connectivity index (χ4v) is 3.00. The molecule has 0 saturated heterocycles. The van der Waals surface area contributed by atoms with Crippen LogP contribution in [-0.4, -0.2) is 23.7 Å². The summed E-state index contributed by atoms with van der Waals surface area (Å²) >= 11 is 0. The quantitative estimate of drug-likeness (QED) is 0.405. The van der Waals surface area contributed by atoms with Crippen LogP contribution in [0.5, 0.6) is 5.75 Å². The number of methoxy groups -OCH3 is 1. The van der Waals surface area contributed by atoms with Crippen LogP contribution in [0.1, 0.15) is 21.6 Å². The molecule has 138 valence electrons. The number of fused-ring (bicyclic) bond motifs is 1. The lowest BCUT2D eigenvalue weighted by Gasteiger charge is -2.08. The zero-order valence-corrected chi connectivity index (χ0v) is 15.3. The summed E-state index contributed by atoms with van der Waals surface area (Å²) in [7, 11) is 1.63. The molecule has 1 amide bonds. The molecular formula is C23H19N3O2. The number of aromatic amines is 1. The van der Waals surface area contributed by atoms with Crippen molar-refractivity contribution in [1.29, 1.82) is 0 Å². The van der Waals surface area contributed by atoms with E-state index in [1.54, 1.807) is 7.11 Å². The van der Waals surface area contributed by atoms with E-state index in [0.717, 1.165) is 27.8 Å². The van der Waals surface area contributed by atoms with E-state index >= 15 is 0 Å². The molecule has 0 unspecified atom stereocenters. The van der Waals surface area contributed by atoms with E-state index in [2.05, 4.69) is 15.5 Å². The first kappa shape index (κ1) is 17.5. The van der Waals surface area contributed by atoms with Gasteiger partial charge in [0.25, 0.3) is 5.91 Å². The number of nitrogens with one attached hydrogen (secondary N) is 2. The number of rotatable bonds is 5. The molecular weight excluding hydrogens is 350 g/mol. The highest BCUT2D eigenvalue weighted by Crippen LogP contribution is 2.17. The Labute approximate surface area is 162 Å². The summed E-state index contributed by atoms with van der Waals surface area (Å²) in [5.41, 5.74) is 6.51. The molecule has 2 N–H and O–H groups in total. The maximum Gasteiger partial charge on any atom is 0.287 e. The molecule has 0 aliphatic heterocycles. The second-order valence-corrected chi connectivity index (χ2v) is 6.27. The van der Waals surface area contributed by atoms with E-state index in [-0.39, 0.29) is 5.91 Å². The Morgan fingerprint density at radius 2 is 1.57 bits per heavy atom. The zero-order valence-electron chi connectivity index (χ0n) is 15.3. The number of aromatic nitrogens is 1. The molecule has 5 nitrogen and oxygen atoms in total. The van der Waals surface area contributed by atoms with E-state index in [1.807, 2.05) is 84.9 Å². The minimum atomic E-state index is -0.293. The van der Waals surface area contributed by atoms with Gasteiger partial charge in [-0.1, -0.05) is 48.5 Å². The summed E-state index contributed by atoms with van der Waals surface area (Å²) in [6, 6.07) is 26.9. The average molecular weight is 369 g/mol. The highest BCUT2D eigenvalue weighted by atomic mass is 16.5. The first-order valence-corrected chi connectivity index (χ1v) is 8.90. The molecule has 0 aliphatic rings. The number of amides is 1. The number of hydrazone groups is 1. The van der Waals surface area contributed by atoms with E-state index in [9.17, 15) is 4.79 Å². The van der Waals surface area contributed by atoms with Gasteiger partial charge in [-0.15, -0.1) is 0 Å². The minimum absolute atomic E-state index is 0.293. The minimum Gasteiger partial charge on any atom is -0.497 e. The SMILES string of the molecule is COc1ccc(/C(=N/NC(=O)c2cc3ccccc3[nH]2)c2ccccc2)cc1. The molecule has 4 aromatic rings. The van der Waals surface area contributed by atoms with Gasteiger partial charge in [-0.25, -0.2) is 5.43 Å². The van der Waals surface area contributed by atoms with Gasteiger partial charge in [-0.05, 0) is 36.4 Å². The molecule has 5 heteroatoms. The summed E-state index contributed by atoms with van der Waals surface area (Å²) in [5, 5.41) is 5.40. The van der Waals surface area contributed by atoms with Crippen molar-refractivity contribution < 1.29 is 9.53 Å². The van der Waals surface area contributed by atoms with E-state index < -0.39 is 0 Å². The van der Waals surface area contributed by atoms with Crippen LogP contribution in [0.3, 0.4) is 0 Å². The van der Waals surface area contributed by atoms with E-state index in [0.29, 0.717) is 11.4 Å². The molecule has 1 aromatic heterocycles. The number of benzene rings is 3. The zero-order chi connectivity index (χ0) is 19.3. The van der Waals surface area contributed by atoms with E-state index in [4.69, 9.17) is 4.74 Å². The third-order valence-electron chi connectivity index (χ3n) is 4.45. The Kier molecular flexibility index (Phi) is 4.89. The van der Waals surface area contributed by atoms with E-state index in [1.165, 1.54) is 0 Å². The van der Waals surface area contributed by atoms with Crippen molar-refractivity contribution >= 4 is 22.5 Å². The molecule has 0 fully saturated rings. The summed E-state index contributed by atoms with van der Waals surface area (Å²) in [4.78, 5) is 15.7. The van der Waals surface area contributed by atoms with Crippen molar-refractivity contribution in [2.75, 3.05) is 7.11 Å². The van der Waals surface area contributed by atoms with Crippen molar-refractivity contribution in [3.05, 3.63) is 102 Å². The maximum atomic E-state index is 12.6. The van der Waals surface area contributed by atoms with Crippen molar-refractivity contribution in [3.63, 3.8) is 0 Å². The summed E-state index contributed by atoms with van der Waals surface area (Å²) in [5.74, 6) is 0.469. The number of carbonyl (C=O) groups is 1. The number of nitrogens with zero attached hydrogens (tertiary/aromatic N) is 1. The van der Waals surface area contributed by atoms with Gasteiger partial charge < -0.3 is 9.72 Å². The lowest BCUT2D eigenvalue weighted by atomic mass is 10.0. The van der Waals surface area contributed by atoms with Crippen LogP contribution >= 0.6 is 0 Å². The molecule has 0 bridgehead atoms. The number of para-hydroxylation sites is 1. The first-order chi connectivity index (χ1) is 13.7. The van der Waals surface area contributed by atoms with Crippen LogP contribution in [0, 0.1) is 0 Å². The predicted molar refractivity (Wildman–Crippen MR) is 111 cm³/mol. The Bertz CT molecular complexity index is 1100. The molecule has 0 aliphatic carbocycles. The van der Waals surface area contributed by atoms with Gasteiger partial charge in [0.05, 0.1) is 12.8 Å². The molecule has 0 radical (unpaired) electrons. The summed E-state index contributed by atoms with van der Waals surface area (Å²) in [6.07, 6.45) is 0. The monoisotopic (exact) mass is 369 g/mol. The smallest absolute Gasteiger partial charge is 0.287 e. The number of ether oxygens (including phenoxy) is 1. The van der Waals surface area contributed by atoms with Gasteiger partial charge in [0.1, 0.15) is 11.4 Å². The van der Waals surface area contributed by atoms with Gasteiger partial charge >= 0.3 is 0 Å². The third kappa shape index (κ3) is 3.64. The highest BCUT2D eigenvalue weighted by molar-refractivity contribution is 6.13. The lowest BCUT2D eigenvalue weighted by molar-refractivity contribution is 0.0951. The van der Waals surface area contributed by atoms with Crippen LogP contribution in [0.4, 0.5) is 0 Å². The van der Waals surface area contributed by atoms with Crippen molar-refractivity contribution in [2.24, 2.45) is 5.10 Å². The van der Waals surface area contributed by atoms with Crippen molar-refractivity contribution in [3.8, 4) is 5.75 Å². The van der Waals surface area contributed by atoms with Crippen LogP contribution in [-0.2, 0) is 0 Å². The second kappa shape index (κ2) is 7.80. The average Bonchev–Trinajstić information content (AvgIpc) is 3.19. The Morgan fingerprint density at radius 1 is 0.893 bits per heavy atom. The van der Waals surface area contributed by atoms with Gasteiger partial charge in [-0.3, -0.25) is 4.79 Å². The largest absolute Gasteiger partial charge is 0.497 e. The van der Waals surface area contributed by atoms with Gasteiger partial charge in [0, 0.05) is 22.0 Å². The standard InChI is InChI=1S/C23H19N3O2/c1-28-19-13-11-17(12-14-19)22(16-7-3-2-4-8-16)25-26-23(27)21-15-18-9-5-6-10-20(18)24-21/h2-15,24H,1H3,(H,26,27)/b25-22+. The number of carbonyl (C=O) groups excluding carboxylic acids is 1. The van der Waals surface area contributed by atoms with Crippen LogP contribution < -0.4 is 10.2 Å². The molecule has 28 heavy (non-hydrogen) atoms. The Hall–Kier alpha value is -3.86. The van der Waals surface area contributed by atoms with Crippen molar-refractivity contribution in [2.45, 2.75) is 0 Å². The normalized spacial score (nSPS) is 11.4. The fraction of sp³-hybridized carbons (Fsp3) is 0.0435. The molecule has 0 atom stereocenters. The lowest BCUT2D eigenvalue weighted by Crippen LogP contribution is -2.21. The maximum absolute atomic E-state index is 12.6. The van der Waals surface area contributed by atoms with Crippen LogP contribution in [0.2, 0.25) is 0 Å². The molecule has 1 heterocycles. The van der Waals surface area contributed by atoms with Gasteiger partial charge in [0.15, 0.2) is 0 Å². The number of hydrogen-bond acceptors (Lipinski definition) is 3. The van der Waals surface area contributed by atoms with Gasteiger partial charge in [-0.2, -0.15) is 5.10 Å². The summed E-state index contributed by atoms with van der Waals surface area (Å²) in [6.45, 7) is 0. The van der Waals surface area contributed by atoms with Gasteiger partial charge in [0.2, 0.25) is 0 Å². The number of hydrogen-bond donors (Lipinski definition) is 2. The summed E-state index contributed by atoms with van der Waals surface area (Å²) < 4.78 is 5.23. The Morgan fingerprint density at radius 3 is 2.29 bits per heavy atom. The van der Waals surface area contributed by atoms with Crippen molar-refractivity contribution in [1.82, 2.24) is 10.4 Å². The molecule has 3 aromatic carbocycles. The molecule has 4 rings (SSSR count). The number of H-pyrrole nitrogens is 1.